The number of nitrogens with zero attached hydrogens (tertiary/aromatic N) is 2. The van der Waals surface area contributed by atoms with Gasteiger partial charge in [-0.25, -0.2) is 9.59 Å². The molecule has 0 bridgehead atoms. The van der Waals surface area contributed by atoms with E-state index in [0.29, 0.717) is 31.8 Å². The highest BCUT2D eigenvalue weighted by Gasteiger charge is 2.35. The van der Waals surface area contributed by atoms with Gasteiger partial charge in [-0.15, -0.1) is 0 Å². The molecule has 0 aliphatic carbocycles. The van der Waals surface area contributed by atoms with E-state index in [1.165, 1.54) is 0 Å². The molecule has 6 nitrogen and oxygen atoms in total. The zero-order valence-corrected chi connectivity index (χ0v) is 13.7. The summed E-state index contributed by atoms with van der Waals surface area (Å²) in [6.07, 6.45) is 3.10. The van der Waals surface area contributed by atoms with Crippen LogP contribution in [0.2, 0.25) is 0 Å². The van der Waals surface area contributed by atoms with Gasteiger partial charge in [-0.3, -0.25) is 0 Å². The van der Waals surface area contributed by atoms with Crippen LogP contribution in [0.4, 0.5) is 4.79 Å². The molecular weight excluding hydrogens is 270 g/mol. The number of likely N-dealkylation sites (tertiary alicyclic amines) is 1. The van der Waals surface area contributed by atoms with Gasteiger partial charge in [0, 0.05) is 19.6 Å². The molecule has 1 atom stereocenters. The summed E-state index contributed by atoms with van der Waals surface area (Å²) in [5.41, 5.74) is -1.17. The average Bonchev–Trinajstić information content (AvgIpc) is 2.38. The Labute approximate surface area is 127 Å². The average molecular weight is 299 g/mol. The van der Waals surface area contributed by atoms with E-state index in [1.807, 2.05) is 6.92 Å². The molecule has 1 heterocycles. The summed E-state index contributed by atoms with van der Waals surface area (Å²) < 4.78 is 0. The molecule has 6 heteroatoms. The fraction of sp³-hybridized carbons (Fsp3) is 0.867. The van der Waals surface area contributed by atoms with Gasteiger partial charge in [0.15, 0.2) is 0 Å². The van der Waals surface area contributed by atoms with Crippen LogP contribution in [-0.4, -0.2) is 66.2 Å². The van der Waals surface area contributed by atoms with E-state index in [1.54, 1.807) is 11.8 Å². The minimum absolute atomic E-state index is 0.253. The number of carboxylic acid groups (broad SMARTS) is 1. The second-order valence-electron chi connectivity index (χ2n) is 6.51. The van der Waals surface area contributed by atoms with Crippen molar-refractivity contribution in [2.75, 3.05) is 33.7 Å². The van der Waals surface area contributed by atoms with E-state index >= 15 is 0 Å². The maximum Gasteiger partial charge on any atom is 0.329 e. The second-order valence-corrected chi connectivity index (χ2v) is 6.51. The smallest absolute Gasteiger partial charge is 0.329 e. The van der Waals surface area contributed by atoms with Crippen LogP contribution in [0, 0.1) is 5.92 Å². The maximum absolute atomic E-state index is 12.3. The van der Waals surface area contributed by atoms with Gasteiger partial charge in [0.25, 0.3) is 0 Å². The minimum atomic E-state index is -1.17. The summed E-state index contributed by atoms with van der Waals surface area (Å²) >= 11 is 0. The van der Waals surface area contributed by atoms with E-state index in [0.717, 1.165) is 19.4 Å². The van der Waals surface area contributed by atoms with Crippen molar-refractivity contribution in [1.29, 1.82) is 0 Å². The lowest BCUT2D eigenvalue weighted by molar-refractivity contribution is -0.144. The number of hydrogen-bond acceptors (Lipinski definition) is 3. The summed E-state index contributed by atoms with van der Waals surface area (Å²) in [4.78, 5) is 27.5. The molecule has 2 amide bonds. The molecule has 0 radical (unpaired) electrons. The van der Waals surface area contributed by atoms with Crippen LogP contribution in [0.3, 0.4) is 0 Å². The van der Waals surface area contributed by atoms with E-state index < -0.39 is 11.5 Å². The molecule has 1 aliphatic heterocycles. The Kier molecular flexibility index (Phi) is 6.45. The third-order valence-electron chi connectivity index (χ3n) is 4.13. The number of hydrogen-bond donors (Lipinski definition) is 2. The summed E-state index contributed by atoms with van der Waals surface area (Å²) in [5, 5.41) is 12.0. The molecule has 0 aromatic carbocycles. The Hall–Kier alpha value is -1.30. The topological polar surface area (TPSA) is 72.9 Å². The van der Waals surface area contributed by atoms with Gasteiger partial charge in [0.2, 0.25) is 0 Å². The van der Waals surface area contributed by atoms with Crippen molar-refractivity contribution in [2.24, 2.45) is 5.92 Å². The molecular formula is C15H29N3O3. The van der Waals surface area contributed by atoms with Crippen molar-refractivity contribution in [2.45, 2.75) is 45.1 Å². The predicted octanol–water partition coefficient (Wildman–Crippen LogP) is 1.61. The molecule has 21 heavy (non-hydrogen) atoms. The first-order chi connectivity index (χ1) is 9.78. The number of urea groups is 1. The van der Waals surface area contributed by atoms with Gasteiger partial charge in [0.1, 0.15) is 5.54 Å². The van der Waals surface area contributed by atoms with E-state index in [9.17, 15) is 14.7 Å². The Bertz CT molecular complexity index is 365. The lowest BCUT2D eigenvalue weighted by atomic mass is 9.95. The largest absolute Gasteiger partial charge is 0.480 e. The standard InChI is InChI=1S/C15H29N3O3/c1-5-8-15(2,13(19)20)16-14(21)18-9-6-12(7-10-18)11-17(3)4/h12H,5-11H2,1-4H3,(H,16,21)(H,19,20). The number of nitrogens with one attached hydrogen (secondary N) is 1. The first kappa shape index (κ1) is 17.8. The van der Waals surface area contributed by atoms with Crippen molar-refractivity contribution in [1.82, 2.24) is 15.1 Å². The first-order valence-electron chi connectivity index (χ1n) is 7.73. The number of rotatable bonds is 6. The zero-order valence-electron chi connectivity index (χ0n) is 13.7. The Morgan fingerprint density at radius 3 is 2.33 bits per heavy atom. The quantitative estimate of drug-likeness (QED) is 0.781. The van der Waals surface area contributed by atoms with Crippen LogP contribution < -0.4 is 5.32 Å². The van der Waals surface area contributed by atoms with Crippen LogP contribution in [0.5, 0.6) is 0 Å². The molecule has 122 valence electrons. The molecule has 2 N–H and O–H groups in total. The van der Waals surface area contributed by atoms with Gasteiger partial charge in [0.05, 0.1) is 0 Å². The number of carbonyl (C=O) groups is 2. The van der Waals surface area contributed by atoms with Crippen LogP contribution in [-0.2, 0) is 4.79 Å². The summed E-state index contributed by atoms with van der Waals surface area (Å²) in [5.74, 6) is -0.356. The Balaban J connectivity index is 2.52. The fourth-order valence-corrected chi connectivity index (χ4v) is 2.87. The molecule has 1 saturated heterocycles. The molecule has 1 rings (SSSR count). The highest BCUT2D eigenvalue weighted by molar-refractivity contribution is 5.85. The number of aliphatic carboxylic acids is 1. The Morgan fingerprint density at radius 2 is 1.90 bits per heavy atom. The van der Waals surface area contributed by atoms with Crippen LogP contribution in [0.15, 0.2) is 0 Å². The summed E-state index contributed by atoms with van der Waals surface area (Å²) in [6, 6.07) is -0.253. The third-order valence-corrected chi connectivity index (χ3v) is 4.13. The molecule has 1 unspecified atom stereocenters. The van der Waals surface area contributed by atoms with Gasteiger partial charge in [-0.2, -0.15) is 0 Å². The monoisotopic (exact) mass is 299 g/mol. The van der Waals surface area contributed by atoms with Crippen molar-refractivity contribution in [3.8, 4) is 0 Å². The molecule has 0 aromatic rings. The number of carbonyl (C=O) groups excluding carboxylic acids is 1. The minimum Gasteiger partial charge on any atom is -0.480 e. The summed E-state index contributed by atoms with van der Waals surface area (Å²) in [6.45, 7) is 5.94. The zero-order chi connectivity index (χ0) is 16.0. The van der Waals surface area contributed by atoms with Crippen molar-refractivity contribution in [3.63, 3.8) is 0 Å². The number of piperidine rings is 1. The highest BCUT2D eigenvalue weighted by atomic mass is 16.4. The fourth-order valence-electron chi connectivity index (χ4n) is 2.87. The third kappa shape index (κ3) is 5.19. The van der Waals surface area contributed by atoms with Gasteiger partial charge < -0.3 is 20.2 Å². The predicted molar refractivity (Wildman–Crippen MR) is 82.3 cm³/mol. The lowest BCUT2D eigenvalue weighted by Gasteiger charge is -2.35. The first-order valence-corrected chi connectivity index (χ1v) is 7.73. The maximum atomic E-state index is 12.3. The number of carboxylic acids is 1. The molecule has 0 spiro atoms. The van der Waals surface area contributed by atoms with Gasteiger partial charge >= 0.3 is 12.0 Å². The van der Waals surface area contributed by atoms with E-state index in [4.69, 9.17) is 0 Å². The normalized spacial score (nSPS) is 19.4. The van der Waals surface area contributed by atoms with Crippen molar-refractivity contribution in [3.05, 3.63) is 0 Å². The molecule has 1 aliphatic rings. The SMILES string of the molecule is CCCC(C)(NC(=O)N1CCC(CN(C)C)CC1)C(=O)O. The van der Waals surface area contributed by atoms with Gasteiger partial charge in [-0.1, -0.05) is 13.3 Å². The number of amides is 2. The molecule has 0 aromatic heterocycles. The van der Waals surface area contributed by atoms with Gasteiger partial charge in [-0.05, 0) is 46.2 Å². The Morgan fingerprint density at radius 1 is 1.33 bits per heavy atom. The van der Waals surface area contributed by atoms with Crippen LogP contribution >= 0.6 is 0 Å². The van der Waals surface area contributed by atoms with E-state index in [-0.39, 0.29) is 6.03 Å². The van der Waals surface area contributed by atoms with Crippen molar-refractivity contribution < 1.29 is 14.7 Å². The molecule has 0 saturated carbocycles. The summed E-state index contributed by atoms with van der Waals surface area (Å²) in [7, 11) is 4.12. The lowest BCUT2D eigenvalue weighted by Crippen LogP contribution is -2.57. The van der Waals surface area contributed by atoms with Crippen LogP contribution in [0.1, 0.15) is 39.5 Å². The molecule has 1 fully saturated rings. The second kappa shape index (κ2) is 7.64. The highest BCUT2D eigenvalue weighted by Crippen LogP contribution is 2.19. The van der Waals surface area contributed by atoms with E-state index in [2.05, 4.69) is 24.3 Å². The van der Waals surface area contributed by atoms with Crippen molar-refractivity contribution >= 4 is 12.0 Å². The van der Waals surface area contributed by atoms with Crippen LogP contribution in [0.25, 0.3) is 0 Å².